The molecule has 6 rings (SSSR count). The number of nitrogens with one attached hydrogen (secondary N) is 1. The molecule has 0 aliphatic carbocycles. The number of rotatable bonds is 7. The van der Waals surface area contributed by atoms with Crippen LogP contribution in [0.1, 0.15) is 40.8 Å². The van der Waals surface area contributed by atoms with E-state index in [1.165, 1.54) is 16.2 Å². The normalized spacial score (nSPS) is 15.4. The average molecular weight is 551 g/mol. The molecule has 2 aromatic heterocycles. The number of ketones is 1. The number of hydrogen-bond donors (Lipinski definition) is 2. The number of H-pyrrole nitrogens is 1. The zero-order valence-corrected chi connectivity index (χ0v) is 22.9. The first-order chi connectivity index (χ1) is 19.3. The van der Waals surface area contributed by atoms with Crippen LogP contribution in [-0.2, 0) is 4.79 Å². The molecule has 0 fully saturated rings. The van der Waals surface area contributed by atoms with Crippen LogP contribution in [0.2, 0.25) is 0 Å². The number of para-hydroxylation sites is 2. The zero-order chi connectivity index (χ0) is 28.0. The predicted molar refractivity (Wildman–Crippen MR) is 155 cm³/mol. The van der Waals surface area contributed by atoms with Crippen molar-refractivity contribution in [3.63, 3.8) is 0 Å². The number of aromatic amines is 1. The Hall–Kier alpha value is -4.76. The molecule has 3 heterocycles. The Morgan fingerprint density at radius 2 is 1.70 bits per heavy atom. The molecule has 1 aliphatic heterocycles. The Morgan fingerprint density at radius 1 is 1.00 bits per heavy atom. The molecule has 0 spiro atoms. The fourth-order valence-electron chi connectivity index (χ4n) is 4.86. The minimum Gasteiger partial charge on any atom is -0.503 e. The van der Waals surface area contributed by atoms with Gasteiger partial charge in [-0.15, -0.1) is 11.3 Å². The van der Waals surface area contributed by atoms with Crippen molar-refractivity contribution in [3.05, 3.63) is 106 Å². The average Bonchev–Trinajstić information content (AvgIpc) is 3.63. The largest absolute Gasteiger partial charge is 0.503 e. The number of aromatic nitrogens is 3. The van der Waals surface area contributed by atoms with Gasteiger partial charge in [0.15, 0.2) is 5.76 Å². The Morgan fingerprint density at radius 3 is 2.40 bits per heavy atom. The Labute approximate surface area is 234 Å². The number of benzene rings is 3. The fraction of sp³-hybridized carbons (Fsp3) is 0.161. The number of hydrogen-bond acceptors (Lipinski definition) is 7. The minimum atomic E-state index is -0.921. The second-order valence-corrected chi connectivity index (χ2v) is 10.8. The number of carbonyl (C=O) groups is 2. The number of aliphatic hydroxyl groups excluding tert-OH is 1. The highest BCUT2D eigenvalue weighted by Crippen LogP contribution is 2.43. The maximum absolute atomic E-state index is 14.1. The van der Waals surface area contributed by atoms with E-state index in [1.807, 2.05) is 68.4 Å². The van der Waals surface area contributed by atoms with Gasteiger partial charge in [-0.1, -0.05) is 54.6 Å². The Bertz CT molecular complexity index is 1740. The summed E-state index contributed by atoms with van der Waals surface area (Å²) in [5, 5.41) is 11.9. The van der Waals surface area contributed by atoms with Gasteiger partial charge in [0.05, 0.1) is 39.3 Å². The van der Waals surface area contributed by atoms with Crippen molar-refractivity contribution in [1.29, 1.82) is 0 Å². The van der Waals surface area contributed by atoms with Gasteiger partial charge >= 0.3 is 0 Å². The molecule has 9 heteroatoms. The third kappa shape index (κ3) is 4.44. The first-order valence-electron chi connectivity index (χ1n) is 12.9. The smallest absolute Gasteiger partial charge is 0.296 e. The van der Waals surface area contributed by atoms with Gasteiger partial charge in [-0.3, -0.25) is 14.5 Å². The molecule has 1 aliphatic rings. The van der Waals surface area contributed by atoms with E-state index in [9.17, 15) is 14.7 Å². The highest BCUT2D eigenvalue weighted by atomic mass is 32.1. The lowest BCUT2D eigenvalue weighted by Gasteiger charge is -2.24. The standard InChI is InChI=1S/C31H26N4O4S/c1-17(2)39-21-15-13-19(14-16-21)25-24(26(36)28-18(3)32-29(40-28)20-9-5-4-6-10-20)27(37)30(38)35(25)31-33-22-11-7-8-12-23(22)34-31/h4-17,25,37H,1-3H3,(H,33,34). The number of carbonyl (C=O) groups excluding carboxylic acids is 2. The van der Waals surface area contributed by atoms with E-state index in [-0.39, 0.29) is 17.6 Å². The molecule has 0 saturated heterocycles. The van der Waals surface area contributed by atoms with Crippen LogP contribution in [0.4, 0.5) is 5.95 Å². The summed E-state index contributed by atoms with van der Waals surface area (Å²) in [7, 11) is 0. The summed E-state index contributed by atoms with van der Waals surface area (Å²) in [6, 6.07) is 23.2. The van der Waals surface area contributed by atoms with Gasteiger partial charge in [-0.05, 0) is 50.6 Å². The van der Waals surface area contributed by atoms with Crippen LogP contribution in [0.3, 0.4) is 0 Å². The third-order valence-electron chi connectivity index (χ3n) is 6.65. The van der Waals surface area contributed by atoms with Crippen molar-refractivity contribution in [1.82, 2.24) is 15.0 Å². The molecular weight excluding hydrogens is 524 g/mol. The van der Waals surface area contributed by atoms with Gasteiger partial charge in [-0.25, -0.2) is 9.97 Å². The highest BCUT2D eigenvalue weighted by Gasteiger charge is 2.46. The van der Waals surface area contributed by atoms with Crippen molar-refractivity contribution >= 4 is 40.0 Å². The van der Waals surface area contributed by atoms with Gasteiger partial charge < -0.3 is 14.8 Å². The molecule has 0 saturated carbocycles. The molecule has 8 nitrogen and oxygen atoms in total. The van der Waals surface area contributed by atoms with E-state index < -0.39 is 23.5 Å². The van der Waals surface area contributed by atoms with Crippen LogP contribution < -0.4 is 9.64 Å². The van der Waals surface area contributed by atoms with Crippen molar-refractivity contribution in [2.45, 2.75) is 32.9 Å². The van der Waals surface area contributed by atoms with Crippen molar-refractivity contribution in [2.24, 2.45) is 0 Å². The summed E-state index contributed by atoms with van der Waals surface area (Å²) >= 11 is 1.24. The first-order valence-corrected chi connectivity index (χ1v) is 13.7. The molecular formula is C31H26N4O4S. The number of Topliss-reactive ketones (excluding diaryl/α,β-unsaturated/α-hetero) is 1. The summed E-state index contributed by atoms with van der Waals surface area (Å²) in [5.74, 6) is -0.870. The molecule has 0 radical (unpaired) electrons. The zero-order valence-electron chi connectivity index (χ0n) is 22.1. The number of nitrogens with zero attached hydrogens (tertiary/aromatic N) is 3. The number of imidazole rings is 1. The fourth-order valence-corrected chi connectivity index (χ4v) is 5.88. The number of amides is 1. The number of thiazole rings is 1. The maximum atomic E-state index is 14.1. The maximum Gasteiger partial charge on any atom is 0.296 e. The second-order valence-electron chi connectivity index (χ2n) is 9.78. The van der Waals surface area contributed by atoms with E-state index in [4.69, 9.17) is 4.74 Å². The summed E-state index contributed by atoms with van der Waals surface area (Å²) < 4.78 is 5.80. The lowest BCUT2D eigenvalue weighted by atomic mass is 9.95. The van der Waals surface area contributed by atoms with E-state index in [2.05, 4.69) is 15.0 Å². The summed E-state index contributed by atoms with van der Waals surface area (Å²) in [6.45, 7) is 5.63. The van der Waals surface area contributed by atoms with Crippen molar-refractivity contribution in [3.8, 4) is 16.3 Å². The summed E-state index contributed by atoms with van der Waals surface area (Å²) in [5.41, 5.74) is 3.42. The monoisotopic (exact) mass is 550 g/mol. The number of anilines is 1. The van der Waals surface area contributed by atoms with Crippen LogP contribution in [0.5, 0.6) is 5.75 Å². The van der Waals surface area contributed by atoms with Gasteiger partial charge in [-0.2, -0.15) is 0 Å². The Kier molecular flexibility index (Phi) is 6.43. The molecule has 2 N–H and O–H groups in total. The van der Waals surface area contributed by atoms with Crippen molar-refractivity contribution < 1.29 is 19.4 Å². The lowest BCUT2D eigenvalue weighted by molar-refractivity contribution is -0.117. The summed E-state index contributed by atoms with van der Waals surface area (Å²) in [6.07, 6.45) is -0.0138. The first kappa shape index (κ1) is 25.5. The molecule has 1 unspecified atom stereocenters. The molecule has 1 atom stereocenters. The van der Waals surface area contributed by atoms with Gasteiger partial charge in [0.1, 0.15) is 10.8 Å². The van der Waals surface area contributed by atoms with Crippen LogP contribution in [0.15, 0.2) is 90.2 Å². The van der Waals surface area contributed by atoms with Crippen LogP contribution in [-0.4, -0.2) is 37.9 Å². The van der Waals surface area contributed by atoms with Crippen LogP contribution in [0, 0.1) is 6.92 Å². The highest BCUT2D eigenvalue weighted by molar-refractivity contribution is 7.17. The third-order valence-corrected chi connectivity index (χ3v) is 7.85. The van der Waals surface area contributed by atoms with E-state index in [0.29, 0.717) is 32.4 Å². The van der Waals surface area contributed by atoms with Gasteiger partial charge in [0.25, 0.3) is 5.91 Å². The molecule has 200 valence electrons. The molecule has 0 bridgehead atoms. The van der Waals surface area contributed by atoms with Gasteiger partial charge in [0.2, 0.25) is 11.7 Å². The van der Waals surface area contributed by atoms with E-state index >= 15 is 0 Å². The quantitative estimate of drug-likeness (QED) is 0.222. The van der Waals surface area contributed by atoms with Crippen molar-refractivity contribution in [2.75, 3.05) is 4.90 Å². The molecule has 5 aromatic rings. The molecule has 1 amide bonds. The topological polar surface area (TPSA) is 108 Å². The molecule has 40 heavy (non-hydrogen) atoms. The number of ether oxygens (including phenoxy) is 1. The molecule has 3 aromatic carbocycles. The minimum absolute atomic E-state index is 0.0138. The summed E-state index contributed by atoms with van der Waals surface area (Å²) in [4.78, 5) is 41.8. The SMILES string of the molecule is Cc1nc(-c2ccccc2)sc1C(=O)C1=C(O)C(=O)N(c2nc3ccccc3[nH]2)C1c1ccc(OC(C)C)cc1. The number of aliphatic hydroxyl groups is 1. The van der Waals surface area contributed by atoms with E-state index in [1.54, 1.807) is 31.2 Å². The van der Waals surface area contributed by atoms with E-state index in [0.717, 1.165) is 11.1 Å². The lowest BCUT2D eigenvalue weighted by Crippen LogP contribution is -2.32. The predicted octanol–water partition coefficient (Wildman–Crippen LogP) is 6.56. The second kappa shape index (κ2) is 10.1. The van der Waals surface area contributed by atoms with Crippen LogP contribution >= 0.6 is 11.3 Å². The number of fused-ring (bicyclic) bond motifs is 1. The van der Waals surface area contributed by atoms with Crippen LogP contribution in [0.25, 0.3) is 21.6 Å². The van der Waals surface area contributed by atoms with Gasteiger partial charge in [0, 0.05) is 5.56 Å². The Balaban J connectivity index is 1.46. The number of aryl methyl sites for hydroxylation is 1.